The largest absolute Gasteiger partial charge is 0.480 e. The molecule has 1 aromatic carbocycles. The van der Waals surface area contributed by atoms with E-state index in [9.17, 15) is 19.2 Å². The smallest absolute Gasteiger partial charge is 0.322 e. The monoisotopic (exact) mass is 461 g/mol. The summed E-state index contributed by atoms with van der Waals surface area (Å²) >= 11 is 0. The molecule has 4 unspecified atom stereocenters. The Kier molecular flexibility index (Phi) is 9.37. The summed E-state index contributed by atoms with van der Waals surface area (Å²) in [6.07, 6.45) is 2.37. The van der Waals surface area contributed by atoms with Crippen molar-refractivity contribution in [3.05, 3.63) is 36.0 Å². The van der Waals surface area contributed by atoms with Gasteiger partial charge in [-0.1, -0.05) is 38.5 Å². The molecule has 1 heterocycles. The molecule has 0 fully saturated rings. The van der Waals surface area contributed by atoms with Gasteiger partial charge in [0, 0.05) is 23.5 Å². The summed E-state index contributed by atoms with van der Waals surface area (Å²) in [5, 5.41) is 26.4. The van der Waals surface area contributed by atoms with E-state index in [1.165, 1.54) is 0 Å². The van der Waals surface area contributed by atoms with Crippen molar-refractivity contribution in [2.75, 3.05) is 13.2 Å². The zero-order valence-electron chi connectivity index (χ0n) is 18.6. The highest BCUT2D eigenvalue weighted by Crippen LogP contribution is 2.19. The quantitative estimate of drug-likeness (QED) is 0.216. The van der Waals surface area contributed by atoms with Crippen molar-refractivity contribution in [3.63, 3.8) is 0 Å². The zero-order chi connectivity index (χ0) is 24.5. The Morgan fingerprint density at radius 1 is 1.09 bits per heavy atom. The van der Waals surface area contributed by atoms with Crippen LogP contribution in [0, 0.1) is 5.92 Å². The molecule has 4 atom stereocenters. The maximum atomic E-state index is 13.1. The second-order valence-electron chi connectivity index (χ2n) is 7.90. The third-order valence-electron chi connectivity index (χ3n) is 5.47. The summed E-state index contributed by atoms with van der Waals surface area (Å²) in [4.78, 5) is 52.0. The molecule has 0 aliphatic heterocycles. The van der Waals surface area contributed by atoms with E-state index in [1.54, 1.807) is 13.1 Å². The number of carboxylic acids is 1. The standard InChI is InChI=1S/C22H31N5O6/c1-3-12(2)19(27-20(31)15(23)11-28)22(33)26-17(21(32)25-10-18(29)30)8-13-9-24-16-7-5-4-6-14(13)16/h4-7,9,12,15,17,19,24,28H,3,8,10-11,23H2,1-2H3,(H,25,32)(H,26,33)(H,27,31)(H,29,30). The summed E-state index contributed by atoms with van der Waals surface area (Å²) in [6, 6.07) is 4.16. The van der Waals surface area contributed by atoms with E-state index in [0.717, 1.165) is 16.5 Å². The highest BCUT2D eigenvalue weighted by Gasteiger charge is 2.31. The molecular weight excluding hydrogens is 430 g/mol. The lowest BCUT2D eigenvalue weighted by Gasteiger charge is -2.27. The second-order valence-corrected chi connectivity index (χ2v) is 7.90. The number of benzene rings is 1. The van der Waals surface area contributed by atoms with Gasteiger partial charge in [0.1, 0.15) is 24.7 Å². The molecule has 33 heavy (non-hydrogen) atoms. The van der Waals surface area contributed by atoms with Crippen LogP contribution in [0.4, 0.5) is 0 Å². The number of rotatable bonds is 12. The average Bonchev–Trinajstić information content (AvgIpc) is 3.21. The minimum atomic E-state index is -1.22. The number of fused-ring (bicyclic) bond motifs is 1. The number of H-pyrrole nitrogens is 1. The van der Waals surface area contributed by atoms with Crippen LogP contribution in [-0.4, -0.2) is 70.2 Å². The lowest BCUT2D eigenvalue weighted by molar-refractivity contribution is -0.138. The number of aliphatic carboxylic acids is 1. The van der Waals surface area contributed by atoms with E-state index in [0.29, 0.717) is 6.42 Å². The maximum Gasteiger partial charge on any atom is 0.322 e. The normalized spacial score (nSPS) is 14.7. The molecule has 0 saturated carbocycles. The SMILES string of the molecule is CCC(C)C(NC(=O)C(N)CO)C(=O)NC(Cc1c[nH]c2ccccc12)C(=O)NCC(=O)O. The molecular formula is C22H31N5O6. The van der Waals surface area contributed by atoms with Gasteiger partial charge in [-0.25, -0.2) is 0 Å². The van der Waals surface area contributed by atoms with E-state index < -0.39 is 55.0 Å². The molecule has 0 aliphatic carbocycles. The molecule has 2 rings (SSSR count). The second kappa shape index (κ2) is 12.0. The van der Waals surface area contributed by atoms with Crippen molar-refractivity contribution in [2.45, 2.75) is 44.8 Å². The highest BCUT2D eigenvalue weighted by atomic mass is 16.4. The number of nitrogens with two attached hydrogens (primary N) is 1. The van der Waals surface area contributed by atoms with E-state index in [4.69, 9.17) is 15.9 Å². The Morgan fingerprint density at radius 2 is 1.79 bits per heavy atom. The van der Waals surface area contributed by atoms with Crippen LogP contribution in [0.15, 0.2) is 30.5 Å². The Morgan fingerprint density at radius 3 is 2.42 bits per heavy atom. The van der Waals surface area contributed by atoms with E-state index >= 15 is 0 Å². The zero-order valence-corrected chi connectivity index (χ0v) is 18.6. The average molecular weight is 462 g/mol. The fraction of sp³-hybridized carbons (Fsp3) is 0.455. The highest BCUT2D eigenvalue weighted by molar-refractivity contribution is 5.94. The molecule has 8 N–H and O–H groups in total. The number of aromatic amines is 1. The van der Waals surface area contributed by atoms with Crippen molar-refractivity contribution in [1.82, 2.24) is 20.9 Å². The Balaban J connectivity index is 2.26. The summed E-state index contributed by atoms with van der Waals surface area (Å²) in [5.41, 5.74) is 7.16. The summed E-state index contributed by atoms with van der Waals surface area (Å²) < 4.78 is 0. The van der Waals surface area contributed by atoms with Gasteiger partial charge in [0.15, 0.2) is 0 Å². The van der Waals surface area contributed by atoms with Crippen molar-refractivity contribution in [3.8, 4) is 0 Å². The van der Waals surface area contributed by atoms with Crippen LogP contribution in [0.25, 0.3) is 10.9 Å². The lowest BCUT2D eigenvalue weighted by atomic mass is 9.96. The summed E-state index contributed by atoms with van der Waals surface area (Å²) in [6.45, 7) is 2.41. The molecule has 11 heteroatoms. The van der Waals surface area contributed by atoms with Crippen LogP contribution in [0.3, 0.4) is 0 Å². The lowest BCUT2D eigenvalue weighted by Crippen LogP contribution is -2.58. The number of carbonyl (C=O) groups excluding carboxylic acids is 3. The van der Waals surface area contributed by atoms with Crippen molar-refractivity contribution < 1.29 is 29.4 Å². The first-order valence-electron chi connectivity index (χ1n) is 10.7. The van der Waals surface area contributed by atoms with Crippen molar-refractivity contribution in [2.24, 2.45) is 11.7 Å². The summed E-state index contributed by atoms with van der Waals surface area (Å²) in [5.74, 6) is -3.49. The van der Waals surface area contributed by atoms with Crippen molar-refractivity contribution >= 4 is 34.6 Å². The van der Waals surface area contributed by atoms with Gasteiger partial charge in [-0.2, -0.15) is 0 Å². The number of para-hydroxylation sites is 1. The molecule has 3 amide bonds. The first-order chi connectivity index (χ1) is 15.7. The first kappa shape index (κ1) is 25.8. The van der Waals surface area contributed by atoms with Gasteiger partial charge in [0.05, 0.1) is 6.61 Å². The minimum absolute atomic E-state index is 0.0958. The van der Waals surface area contributed by atoms with Crippen LogP contribution in [0.1, 0.15) is 25.8 Å². The van der Waals surface area contributed by atoms with Gasteiger partial charge >= 0.3 is 5.97 Å². The predicted octanol–water partition coefficient (Wildman–Crippen LogP) is -0.753. The van der Waals surface area contributed by atoms with Crippen molar-refractivity contribution in [1.29, 1.82) is 0 Å². The van der Waals surface area contributed by atoms with Gasteiger partial charge in [-0.05, 0) is 17.5 Å². The number of carboxylic acid groups (broad SMARTS) is 1. The molecule has 2 aromatic rings. The molecule has 0 aliphatic rings. The molecule has 0 saturated heterocycles. The number of aliphatic hydroxyl groups excluding tert-OH is 1. The Hall–Kier alpha value is -3.44. The number of nitrogens with one attached hydrogen (secondary N) is 4. The van der Waals surface area contributed by atoms with E-state index in [2.05, 4.69) is 20.9 Å². The maximum absolute atomic E-state index is 13.1. The summed E-state index contributed by atoms with van der Waals surface area (Å²) in [7, 11) is 0. The molecule has 11 nitrogen and oxygen atoms in total. The first-order valence-corrected chi connectivity index (χ1v) is 10.7. The number of hydrogen-bond acceptors (Lipinski definition) is 6. The third-order valence-corrected chi connectivity index (χ3v) is 5.47. The fourth-order valence-corrected chi connectivity index (χ4v) is 3.32. The van der Waals surface area contributed by atoms with Gasteiger partial charge < -0.3 is 36.9 Å². The van der Waals surface area contributed by atoms with Crippen LogP contribution in [0.5, 0.6) is 0 Å². The molecule has 0 bridgehead atoms. The molecule has 1 aromatic heterocycles. The van der Waals surface area contributed by atoms with E-state index in [-0.39, 0.29) is 12.3 Å². The number of aliphatic hydroxyl groups is 1. The van der Waals surface area contributed by atoms with Gasteiger partial charge in [0.25, 0.3) is 0 Å². The third kappa shape index (κ3) is 7.02. The van der Waals surface area contributed by atoms with Crippen LogP contribution < -0.4 is 21.7 Å². The number of amides is 3. The fourth-order valence-electron chi connectivity index (χ4n) is 3.32. The number of hydrogen-bond donors (Lipinski definition) is 7. The molecule has 0 radical (unpaired) electrons. The molecule has 180 valence electrons. The van der Waals surface area contributed by atoms with Gasteiger partial charge in [0.2, 0.25) is 17.7 Å². The van der Waals surface area contributed by atoms with Crippen LogP contribution in [-0.2, 0) is 25.6 Å². The topological polar surface area (TPSA) is 187 Å². The Labute approximate surface area is 191 Å². The number of carbonyl (C=O) groups is 4. The predicted molar refractivity (Wildman–Crippen MR) is 121 cm³/mol. The number of aromatic nitrogens is 1. The van der Waals surface area contributed by atoms with Crippen LogP contribution >= 0.6 is 0 Å². The van der Waals surface area contributed by atoms with Crippen LogP contribution in [0.2, 0.25) is 0 Å². The Bertz CT molecular complexity index is 991. The minimum Gasteiger partial charge on any atom is -0.480 e. The van der Waals surface area contributed by atoms with E-state index in [1.807, 2.05) is 31.2 Å². The van der Waals surface area contributed by atoms with Gasteiger partial charge in [-0.15, -0.1) is 0 Å². The molecule has 0 spiro atoms. The van der Waals surface area contributed by atoms with Gasteiger partial charge in [-0.3, -0.25) is 19.2 Å².